The van der Waals surface area contributed by atoms with E-state index in [1.165, 1.54) is 0 Å². The van der Waals surface area contributed by atoms with Gasteiger partial charge >= 0.3 is 0 Å². The Hall–Kier alpha value is -0.970. The largest absolute Gasteiger partial charge is 0.313 e. The van der Waals surface area contributed by atoms with Crippen LogP contribution in [0, 0.1) is 12.7 Å². The van der Waals surface area contributed by atoms with Gasteiger partial charge in [-0.15, -0.1) is 0 Å². The molecule has 2 rings (SSSR count). The van der Waals surface area contributed by atoms with Crippen molar-refractivity contribution >= 4 is 0 Å². The molecule has 3 nitrogen and oxygen atoms in total. The molecule has 0 aliphatic carbocycles. The number of nitrogens with one attached hydrogen (secondary N) is 2. The van der Waals surface area contributed by atoms with E-state index in [9.17, 15) is 4.39 Å². The van der Waals surface area contributed by atoms with E-state index in [-0.39, 0.29) is 11.9 Å². The number of piperazine rings is 1. The first kappa shape index (κ1) is 14.4. The van der Waals surface area contributed by atoms with E-state index in [1.54, 1.807) is 6.07 Å². The number of aryl methyl sites for hydroxylation is 1. The van der Waals surface area contributed by atoms with Gasteiger partial charge in [-0.3, -0.25) is 0 Å². The van der Waals surface area contributed by atoms with Crippen LogP contribution in [-0.4, -0.2) is 44.7 Å². The summed E-state index contributed by atoms with van der Waals surface area (Å²) >= 11 is 0. The molecule has 2 atom stereocenters. The standard InChI is InChI=1S/C15H24FN3/c1-11-8-12(4-5-14(11)16)15(17-2)9-13-10-19(3)7-6-18-13/h4-5,8,13,15,17-18H,6-7,9-10H2,1-3H3. The minimum Gasteiger partial charge on any atom is -0.313 e. The maximum absolute atomic E-state index is 13.3. The zero-order valence-electron chi connectivity index (χ0n) is 12.0. The van der Waals surface area contributed by atoms with E-state index in [2.05, 4.69) is 22.6 Å². The summed E-state index contributed by atoms with van der Waals surface area (Å²) in [6.07, 6.45) is 1.02. The fraction of sp³-hybridized carbons (Fsp3) is 0.600. The maximum atomic E-state index is 13.3. The summed E-state index contributed by atoms with van der Waals surface area (Å²) in [7, 11) is 4.13. The van der Waals surface area contributed by atoms with Crippen LogP contribution in [0.1, 0.15) is 23.6 Å². The highest BCUT2D eigenvalue weighted by Crippen LogP contribution is 2.21. The Balaban J connectivity index is 2.04. The van der Waals surface area contributed by atoms with Crippen LogP contribution in [0.4, 0.5) is 4.39 Å². The van der Waals surface area contributed by atoms with Gasteiger partial charge in [-0.25, -0.2) is 4.39 Å². The van der Waals surface area contributed by atoms with Gasteiger partial charge in [0.25, 0.3) is 0 Å². The van der Waals surface area contributed by atoms with Crippen molar-refractivity contribution in [2.75, 3.05) is 33.7 Å². The maximum Gasteiger partial charge on any atom is 0.126 e. The van der Waals surface area contributed by atoms with Crippen molar-refractivity contribution in [1.82, 2.24) is 15.5 Å². The smallest absolute Gasteiger partial charge is 0.126 e. The molecule has 0 saturated carbocycles. The lowest BCUT2D eigenvalue weighted by atomic mass is 9.97. The quantitative estimate of drug-likeness (QED) is 0.867. The average molecular weight is 265 g/mol. The number of benzene rings is 1. The van der Waals surface area contributed by atoms with Crippen LogP contribution in [0.25, 0.3) is 0 Å². The minimum absolute atomic E-state index is 0.130. The van der Waals surface area contributed by atoms with Crippen LogP contribution < -0.4 is 10.6 Å². The van der Waals surface area contributed by atoms with E-state index in [1.807, 2.05) is 26.1 Å². The van der Waals surface area contributed by atoms with Crippen LogP contribution in [0.15, 0.2) is 18.2 Å². The highest BCUT2D eigenvalue weighted by molar-refractivity contribution is 5.26. The number of hydrogen-bond acceptors (Lipinski definition) is 3. The first-order valence-electron chi connectivity index (χ1n) is 6.95. The second kappa shape index (κ2) is 6.46. The summed E-state index contributed by atoms with van der Waals surface area (Å²) in [5, 5.41) is 6.90. The SMILES string of the molecule is CNC(CC1CN(C)CCN1)c1ccc(F)c(C)c1. The summed E-state index contributed by atoms with van der Waals surface area (Å²) in [6.45, 7) is 5.03. The van der Waals surface area contributed by atoms with Crippen molar-refractivity contribution in [3.05, 3.63) is 35.1 Å². The van der Waals surface area contributed by atoms with E-state index < -0.39 is 0 Å². The number of likely N-dealkylation sites (N-methyl/N-ethyl adjacent to an activating group) is 1. The Labute approximate surface area is 115 Å². The monoisotopic (exact) mass is 265 g/mol. The molecule has 0 radical (unpaired) electrons. The molecular formula is C15H24FN3. The molecule has 2 unspecified atom stereocenters. The molecule has 1 heterocycles. The molecule has 0 bridgehead atoms. The van der Waals surface area contributed by atoms with Gasteiger partial charge in [-0.05, 0) is 44.6 Å². The van der Waals surface area contributed by atoms with Gasteiger partial charge in [0.2, 0.25) is 0 Å². The molecule has 0 aromatic heterocycles. The fourth-order valence-corrected chi connectivity index (χ4v) is 2.74. The first-order chi connectivity index (χ1) is 9.10. The lowest BCUT2D eigenvalue weighted by Gasteiger charge is -2.33. The van der Waals surface area contributed by atoms with Crippen LogP contribution in [0.5, 0.6) is 0 Å². The number of rotatable bonds is 4. The highest BCUT2D eigenvalue weighted by Gasteiger charge is 2.21. The molecule has 1 fully saturated rings. The van der Waals surface area contributed by atoms with Crippen molar-refractivity contribution in [3.63, 3.8) is 0 Å². The zero-order valence-corrected chi connectivity index (χ0v) is 12.0. The lowest BCUT2D eigenvalue weighted by Crippen LogP contribution is -2.50. The molecule has 1 aromatic carbocycles. The predicted molar refractivity (Wildman–Crippen MR) is 76.8 cm³/mol. The van der Waals surface area contributed by atoms with Crippen LogP contribution in [-0.2, 0) is 0 Å². The molecule has 1 aromatic rings. The Morgan fingerprint density at radius 3 is 2.95 bits per heavy atom. The van der Waals surface area contributed by atoms with Gasteiger partial charge in [-0.2, -0.15) is 0 Å². The molecule has 106 valence electrons. The molecule has 1 aliphatic rings. The van der Waals surface area contributed by atoms with Gasteiger partial charge in [0.1, 0.15) is 5.82 Å². The predicted octanol–water partition coefficient (Wildman–Crippen LogP) is 1.69. The average Bonchev–Trinajstić information content (AvgIpc) is 2.39. The van der Waals surface area contributed by atoms with Crippen molar-refractivity contribution in [3.8, 4) is 0 Å². The molecule has 0 spiro atoms. The summed E-state index contributed by atoms with van der Waals surface area (Å²) in [6, 6.07) is 6.15. The second-order valence-electron chi connectivity index (χ2n) is 5.50. The number of hydrogen-bond donors (Lipinski definition) is 2. The lowest BCUT2D eigenvalue weighted by molar-refractivity contribution is 0.222. The fourth-order valence-electron chi connectivity index (χ4n) is 2.74. The van der Waals surface area contributed by atoms with Crippen molar-refractivity contribution in [2.45, 2.75) is 25.4 Å². The number of halogens is 1. The number of nitrogens with zero attached hydrogens (tertiary/aromatic N) is 1. The van der Waals surface area contributed by atoms with Gasteiger partial charge in [0.15, 0.2) is 0 Å². The van der Waals surface area contributed by atoms with E-state index >= 15 is 0 Å². The van der Waals surface area contributed by atoms with Gasteiger partial charge < -0.3 is 15.5 Å². The van der Waals surface area contributed by atoms with Gasteiger partial charge in [0.05, 0.1) is 0 Å². The Kier molecular flexibility index (Phi) is 4.91. The summed E-state index contributed by atoms with van der Waals surface area (Å²) in [5.41, 5.74) is 1.88. The van der Waals surface area contributed by atoms with Crippen molar-refractivity contribution < 1.29 is 4.39 Å². The first-order valence-corrected chi connectivity index (χ1v) is 6.95. The third-order valence-corrected chi connectivity index (χ3v) is 3.91. The third kappa shape index (κ3) is 3.75. The van der Waals surface area contributed by atoms with Crippen molar-refractivity contribution in [2.24, 2.45) is 0 Å². The minimum atomic E-state index is -0.130. The van der Waals surface area contributed by atoms with E-state index in [0.29, 0.717) is 11.6 Å². The van der Waals surface area contributed by atoms with Crippen LogP contribution in [0.2, 0.25) is 0 Å². The second-order valence-corrected chi connectivity index (χ2v) is 5.50. The molecule has 0 amide bonds. The summed E-state index contributed by atoms with van der Waals surface area (Å²) in [5.74, 6) is -0.130. The van der Waals surface area contributed by atoms with Crippen LogP contribution in [0.3, 0.4) is 0 Å². The molecule has 1 saturated heterocycles. The zero-order chi connectivity index (χ0) is 13.8. The Morgan fingerprint density at radius 1 is 1.53 bits per heavy atom. The van der Waals surface area contributed by atoms with Gasteiger partial charge in [-0.1, -0.05) is 12.1 Å². The van der Waals surface area contributed by atoms with Crippen molar-refractivity contribution in [1.29, 1.82) is 0 Å². The summed E-state index contributed by atoms with van der Waals surface area (Å²) < 4.78 is 13.3. The van der Waals surface area contributed by atoms with Crippen LogP contribution >= 0.6 is 0 Å². The summed E-state index contributed by atoms with van der Waals surface area (Å²) in [4.78, 5) is 2.35. The Morgan fingerprint density at radius 2 is 2.32 bits per heavy atom. The molecule has 2 N–H and O–H groups in total. The van der Waals surface area contributed by atoms with E-state index in [0.717, 1.165) is 31.6 Å². The molecule has 1 aliphatic heterocycles. The molecule has 4 heteroatoms. The highest BCUT2D eigenvalue weighted by atomic mass is 19.1. The normalized spacial score (nSPS) is 22.4. The van der Waals surface area contributed by atoms with E-state index in [4.69, 9.17) is 0 Å². The van der Waals surface area contributed by atoms with Gasteiger partial charge in [0, 0.05) is 31.7 Å². The molecular weight excluding hydrogens is 241 g/mol. The topological polar surface area (TPSA) is 27.3 Å². The Bertz CT molecular complexity index is 422. The molecule has 19 heavy (non-hydrogen) atoms. The third-order valence-electron chi connectivity index (χ3n) is 3.91.